The van der Waals surface area contributed by atoms with Crippen molar-refractivity contribution in [1.29, 1.82) is 5.26 Å². The molecule has 0 bridgehead atoms. The smallest absolute Gasteiger partial charge is 0.293 e. The minimum atomic E-state index is 0.431. The third-order valence-corrected chi connectivity index (χ3v) is 5.96. The van der Waals surface area contributed by atoms with Gasteiger partial charge < -0.3 is 10.2 Å². The Morgan fingerprint density at radius 2 is 1.93 bits per heavy atom. The average Bonchev–Trinajstić information content (AvgIpc) is 2.70. The number of hydrogen-bond donors (Lipinski definition) is 1. The highest BCUT2D eigenvalue weighted by Gasteiger charge is 2.32. The standard InChI is InChI=1S/C21H29N5S/c1-4-9-23-21(27)26-12-10-25(11-13-26)20-18(14-22)16-7-5-6-8-17(16)19(24-20)15(2)3/h4,15H,1,5-13H2,2-3H3,(H,23,27)/p+1. The van der Waals surface area contributed by atoms with E-state index >= 15 is 0 Å². The molecule has 1 fully saturated rings. The van der Waals surface area contributed by atoms with Crippen LogP contribution < -0.4 is 15.2 Å². The number of fused-ring (bicyclic) bond motifs is 1. The van der Waals surface area contributed by atoms with E-state index in [1.54, 1.807) is 0 Å². The molecule has 2 N–H and O–H groups in total. The van der Waals surface area contributed by atoms with Crippen LogP contribution in [-0.2, 0) is 12.8 Å². The third kappa shape index (κ3) is 4.08. The first-order valence-corrected chi connectivity index (χ1v) is 10.4. The summed E-state index contributed by atoms with van der Waals surface area (Å²) in [6.07, 6.45) is 6.33. The largest absolute Gasteiger partial charge is 0.359 e. The Morgan fingerprint density at radius 1 is 1.26 bits per heavy atom. The fraction of sp³-hybridized carbons (Fsp3) is 0.571. The van der Waals surface area contributed by atoms with Gasteiger partial charge in [-0.1, -0.05) is 19.9 Å². The highest BCUT2D eigenvalue weighted by Crippen LogP contribution is 2.32. The monoisotopic (exact) mass is 384 g/mol. The Balaban J connectivity index is 1.85. The second-order valence-electron chi connectivity index (χ2n) is 7.64. The summed E-state index contributed by atoms with van der Waals surface area (Å²) in [6.45, 7) is 12.3. The summed E-state index contributed by atoms with van der Waals surface area (Å²) in [4.78, 5) is 8.19. The van der Waals surface area contributed by atoms with E-state index in [2.05, 4.69) is 46.6 Å². The first-order chi connectivity index (χ1) is 13.1. The highest BCUT2D eigenvalue weighted by molar-refractivity contribution is 7.80. The van der Waals surface area contributed by atoms with Gasteiger partial charge in [0, 0.05) is 12.5 Å². The van der Waals surface area contributed by atoms with Crippen molar-refractivity contribution in [2.24, 2.45) is 0 Å². The van der Waals surface area contributed by atoms with Gasteiger partial charge in [0.15, 0.2) is 5.11 Å². The summed E-state index contributed by atoms with van der Waals surface area (Å²) in [7, 11) is 0. The van der Waals surface area contributed by atoms with Crippen molar-refractivity contribution in [2.75, 3.05) is 37.6 Å². The van der Waals surface area contributed by atoms with Crippen LogP contribution in [0.2, 0.25) is 0 Å². The van der Waals surface area contributed by atoms with E-state index in [-0.39, 0.29) is 0 Å². The summed E-state index contributed by atoms with van der Waals surface area (Å²) >= 11 is 5.47. The van der Waals surface area contributed by atoms with Crippen molar-refractivity contribution in [3.05, 3.63) is 35.0 Å². The lowest BCUT2D eigenvalue weighted by Gasteiger charge is -2.33. The van der Waals surface area contributed by atoms with Crippen LogP contribution in [0.4, 0.5) is 5.82 Å². The Hall–Kier alpha value is -2.13. The van der Waals surface area contributed by atoms with Crippen LogP contribution in [0.5, 0.6) is 0 Å². The predicted molar refractivity (Wildman–Crippen MR) is 113 cm³/mol. The van der Waals surface area contributed by atoms with Crippen molar-refractivity contribution >= 4 is 23.1 Å². The van der Waals surface area contributed by atoms with Gasteiger partial charge in [-0.25, -0.2) is 4.98 Å². The molecule has 0 saturated carbocycles. The topological polar surface area (TPSA) is 56.4 Å². The van der Waals surface area contributed by atoms with Gasteiger partial charge in [-0.3, -0.25) is 4.90 Å². The van der Waals surface area contributed by atoms with Crippen LogP contribution in [0.15, 0.2) is 12.7 Å². The van der Waals surface area contributed by atoms with Crippen LogP contribution in [0.1, 0.15) is 55.0 Å². The number of anilines is 1. The Labute approximate surface area is 168 Å². The summed E-state index contributed by atoms with van der Waals surface area (Å²) in [6, 6.07) is 2.51. The molecule has 0 aromatic carbocycles. The zero-order valence-electron chi connectivity index (χ0n) is 16.5. The Bertz CT molecular complexity index is 757. The van der Waals surface area contributed by atoms with E-state index in [4.69, 9.17) is 12.2 Å². The maximum Gasteiger partial charge on any atom is 0.293 e. The van der Waals surface area contributed by atoms with Crippen molar-refractivity contribution in [3.63, 3.8) is 0 Å². The van der Waals surface area contributed by atoms with E-state index in [1.807, 2.05) is 6.08 Å². The lowest BCUT2D eigenvalue weighted by atomic mass is 9.85. The average molecular weight is 385 g/mol. The van der Waals surface area contributed by atoms with Gasteiger partial charge in [0.1, 0.15) is 30.4 Å². The number of pyridine rings is 1. The second kappa shape index (κ2) is 8.71. The molecule has 1 aromatic heterocycles. The van der Waals surface area contributed by atoms with E-state index in [0.29, 0.717) is 12.5 Å². The fourth-order valence-corrected chi connectivity index (χ4v) is 4.41. The number of nitrogens with zero attached hydrogens (tertiary/aromatic N) is 3. The molecule has 1 aromatic rings. The normalized spacial score (nSPS) is 16.7. The number of H-pyrrole nitrogens is 1. The van der Waals surface area contributed by atoms with Crippen LogP contribution in [0, 0.1) is 11.3 Å². The summed E-state index contributed by atoms with van der Waals surface area (Å²) in [5, 5.41) is 13.9. The molecule has 6 heteroatoms. The van der Waals surface area contributed by atoms with Gasteiger partial charge in [0.25, 0.3) is 5.82 Å². The lowest BCUT2D eigenvalue weighted by molar-refractivity contribution is -0.380. The minimum Gasteiger partial charge on any atom is -0.359 e. The minimum absolute atomic E-state index is 0.431. The van der Waals surface area contributed by atoms with E-state index in [1.165, 1.54) is 29.7 Å². The molecule has 1 aliphatic heterocycles. The van der Waals surface area contributed by atoms with E-state index in [9.17, 15) is 5.26 Å². The van der Waals surface area contributed by atoms with Gasteiger partial charge >= 0.3 is 0 Å². The molecule has 5 nitrogen and oxygen atoms in total. The molecule has 0 radical (unpaired) electrons. The van der Waals surface area contributed by atoms with Crippen LogP contribution in [0.3, 0.4) is 0 Å². The second-order valence-corrected chi connectivity index (χ2v) is 8.03. The highest BCUT2D eigenvalue weighted by atomic mass is 32.1. The zero-order chi connectivity index (χ0) is 19.4. The van der Waals surface area contributed by atoms with Gasteiger partial charge in [-0.15, -0.1) is 6.58 Å². The van der Waals surface area contributed by atoms with Gasteiger partial charge in [-0.05, 0) is 49.0 Å². The Morgan fingerprint density at radius 3 is 2.52 bits per heavy atom. The molecule has 3 rings (SSSR count). The third-order valence-electron chi connectivity index (χ3n) is 5.55. The quantitative estimate of drug-likeness (QED) is 0.639. The summed E-state index contributed by atoms with van der Waals surface area (Å²) in [5.41, 5.74) is 4.84. The number of thiocarbonyl (C=S) groups is 1. The molecule has 0 unspecified atom stereocenters. The molecule has 2 heterocycles. The SMILES string of the molecule is C=CCNC(=S)N1CCN(c2[nH+]c(C(C)C)c3c(c2C#N)CCCC3)CC1. The molecular weight excluding hydrogens is 354 g/mol. The van der Waals surface area contributed by atoms with Crippen LogP contribution in [-0.4, -0.2) is 42.7 Å². The number of aromatic amines is 1. The number of nitriles is 1. The van der Waals surface area contributed by atoms with Crippen LogP contribution in [0.25, 0.3) is 0 Å². The summed E-state index contributed by atoms with van der Waals surface area (Å²) < 4.78 is 0. The molecule has 1 saturated heterocycles. The van der Waals surface area contributed by atoms with Crippen molar-refractivity contribution in [3.8, 4) is 6.07 Å². The maximum absolute atomic E-state index is 9.92. The number of aromatic nitrogens is 1. The van der Waals surface area contributed by atoms with Gasteiger partial charge in [0.2, 0.25) is 0 Å². The Kier molecular flexibility index (Phi) is 6.33. The molecule has 27 heavy (non-hydrogen) atoms. The predicted octanol–water partition coefficient (Wildman–Crippen LogP) is 2.56. The fourth-order valence-electron chi connectivity index (χ4n) is 4.14. The van der Waals surface area contributed by atoms with Crippen molar-refractivity contribution in [1.82, 2.24) is 10.2 Å². The molecule has 0 atom stereocenters. The summed E-state index contributed by atoms with van der Waals surface area (Å²) in [5.74, 6) is 1.44. The number of rotatable bonds is 4. The lowest BCUT2D eigenvalue weighted by Crippen LogP contribution is -2.53. The first-order valence-electron chi connectivity index (χ1n) is 9.96. The van der Waals surface area contributed by atoms with Crippen molar-refractivity contribution < 1.29 is 4.98 Å². The van der Waals surface area contributed by atoms with Crippen LogP contribution >= 0.6 is 12.2 Å². The van der Waals surface area contributed by atoms with Gasteiger partial charge in [-0.2, -0.15) is 5.26 Å². The molecule has 1 aliphatic carbocycles. The molecule has 2 aliphatic rings. The molecule has 0 spiro atoms. The zero-order valence-corrected chi connectivity index (χ0v) is 17.3. The number of nitrogens with one attached hydrogen (secondary N) is 2. The maximum atomic E-state index is 9.92. The number of piperazine rings is 1. The molecule has 144 valence electrons. The van der Waals surface area contributed by atoms with E-state index in [0.717, 1.165) is 55.5 Å². The molecule has 0 amide bonds. The number of hydrogen-bond acceptors (Lipinski definition) is 3. The van der Waals surface area contributed by atoms with Gasteiger partial charge in [0.05, 0.1) is 13.1 Å². The van der Waals surface area contributed by atoms with Crippen molar-refractivity contribution in [2.45, 2.75) is 45.4 Å². The first kappa shape index (κ1) is 19.6. The molecular formula is C21H30N5S+. The van der Waals surface area contributed by atoms with E-state index < -0.39 is 0 Å².